The van der Waals surface area contributed by atoms with Gasteiger partial charge in [0.15, 0.2) is 0 Å². The Hall–Kier alpha value is -3.55. The lowest BCUT2D eigenvalue weighted by atomic mass is 9.97. The fraction of sp³-hybridized carbons (Fsp3) is 0.182. The maximum absolute atomic E-state index is 14.9. The fourth-order valence-electron chi connectivity index (χ4n) is 3.52. The van der Waals surface area contributed by atoms with E-state index in [-0.39, 0.29) is 34.8 Å². The molecule has 1 aliphatic heterocycles. The number of nitrogens with two attached hydrogens (primary N) is 1. The van der Waals surface area contributed by atoms with Crippen molar-refractivity contribution in [1.82, 2.24) is 4.90 Å². The summed E-state index contributed by atoms with van der Waals surface area (Å²) in [5, 5.41) is 7.52. The minimum Gasteiger partial charge on any atom is -0.384 e. The van der Waals surface area contributed by atoms with Gasteiger partial charge in [0.2, 0.25) is 0 Å². The summed E-state index contributed by atoms with van der Waals surface area (Å²) in [5.41, 5.74) is 6.53. The van der Waals surface area contributed by atoms with Gasteiger partial charge in [0.25, 0.3) is 0 Å². The van der Waals surface area contributed by atoms with E-state index in [1.807, 2.05) is 0 Å². The average molecular weight is 414 g/mol. The Bertz CT molecular complexity index is 1080. The summed E-state index contributed by atoms with van der Waals surface area (Å²) in [4.78, 5) is 15.3. The first-order valence-electron chi connectivity index (χ1n) is 9.14. The Balaban J connectivity index is 1.94. The second kappa shape index (κ2) is 8.06. The molecule has 0 aliphatic carbocycles. The van der Waals surface area contributed by atoms with Crippen LogP contribution in [0.5, 0.6) is 0 Å². The number of hydrogen-bond acceptors (Lipinski definition) is 2. The molecule has 0 saturated carbocycles. The third kappa shape index (κ3) is 3.68. The van der Waals surface area contributed by atoms with Crippen molar-refractivity contribution in [1.29, 1.82) is 5.41 Å². The van der Waals surface area contributed by atoms with Crippen LogP contribution in [0.4, 0.5) is 23.7 Å². The molecule has 1 aliphatic rings. The zero-order valence-corrected chi connectivity index (χ0v) is 16.5. The first-order valence-corrected chi connectivity index (χ1v) is 9.14. The summed E-state index contributed by atoms with van der Waals surface area (Å²) in [7, 11) is 1.48. The maximum Gasteiger partial charge on any atom is 0.324 e. The van der Waals surface area contributed by atoms with Crippen LogP contribution in [0.25, 0.3) is 5.57 Å². The lowest BCUT2D eigenvalue weighted by molar-refractivity contribution is 0.218. The number of nitrogens with zero attached hydrogens (tertiary/aromatic N) is 2. The molecule has 5 nitrogen and oxygen atoms in total. The number of nitrogens with one attached hydrogen (secondary N) is 1. The molecule has 3 rings (SSSR count). The highest BCUT2D eigenvalue weighted by atomic mass is 19.1. The minimum absolute atomic E-state index is 0.0329. The highest BCUT2D eigenvalue weighted by molar-refractivity contribution is 6.09. The van der Waals surface area contributed by atoms with Gasteiger partial charge in [-0.1, -0.05) is 12.7 Å². The lowest BCUT2D eigenvalue weighted by Gasteiger charge is -2.18. The molecule has 3 N–H and O–H groups in total. The minimum atomic E-state index is -0.723. The van der Waals surface area contributed by atoms with E-state index in [0.717, 1.165) is 18.2 Å². The SMILES string of the molecule is C=C(C(=N)N)/C(=C/C)c1ccc(N2CC(c3cc(F)ccc3F)N(C)C2=O)cc1F. The van der Waals surface area contributed by atoms with E-state index in [2.05, 4.69) is 6.58 Å². The highest BCUT2D eigenvalue weighted by Crippen LogP contribution is 2.35. The van der Waals surface area contributed by atoms with Crippen LogP contribution in [-0.4, -0.2) is 30.4 Å². The first-order chi connectivity index (χ1) is 14.1. The van der Waals surface area contributed by atoms with E-state index in [1.54, 1.807) is 19.1 Å². The highest BCUT2D eigenvalue weighted by Gasteiger charge is 2.38. The van der Waals surface area contributed by atoms with Crippen LogP contribution in [0, 0.1) is 22.9 Å². The number of carbonyl (C=O) groups is 1. The van der Waals surface area contributed by atoms with E-state index < -0.39 is 29.5 Å². The summed E-state index contributed by atoms with van der Waals surface area (Å²) in [6.07, 6.45) is 1.60. The van der Waals surface area contributed by atoms with E-state index in [1.165, 1.54) is 29.0 Å². The summed E-state index contributed by atoms with van der Waals surface area (Å²) >= 11 is 0. The lowest BCUT2D eigenvalue weighted by Crippen LogP contribution is -2.29. The predicted molar refractivity (Wildman–Crippen MR) is 111 cm³/mol. The Labute approximate surface area is 172 Å². The number of carbonyl (C=O) groups excluding carboxylic acids is 1. The van der Waals surface area contributed by atoms with Crippen molar-refractivity contribution < 1.29 is 18.0 Å². The van der Waals surface area contributed by atoms with Gasteiger partial charge in [0, 0.05) is 29.4 Å². The first kappa shape index (κ1) is 21.2. The molecule has 0 aromatic heterocycles. The van der Waals surface area contributed by atoms with Crippen molar-refractivity contribution in [2.75, 3.05) is 18.5 Å². The summed E-state index contributed by atoms with van der Waals surface area (Å²) < 4.78 is 42.7. The van der Waals surface area contributed by atoms with Gasteiger partial charge in [-0.05, 0) is 48.9 Å². The molecular weight excluding hydrogens is 393 g/mol. The second-order valence-corrected chi connectivity index (χ2v) is 6.94. The molecule has 1 heterocycles. The summed E-state index contributed by atoms with van der Waals surface area (Å²) in [5.74, 6) is -2.13. The summed E-state index contributed by atoms with van der Waals surface area (Å²) in [6.45, 7) is 5.41. The number of amides is 2. The zero-order chi connectivity index (χ0) is 22.2. The maximum atomic E-state index is 14.9. The quantitative estimate of drug-likeness (QED) is 0.426. The Morgan fingerprint density at radius 3 is 2.50 bits per heavy atom. The van der Waals surface area contributed by atoms with E-state index in [4.69, 9.17) is 11.1 Å². The number of likely N-dealkylation sites (N-methyl/N-ethyl adjacent to an activating group) is 1. The number of allylic oxidation sites excluding steroid dienone is 1. The van der Waals surface area contributed by atoms with Crippen LogP contribution in [0.15, 0.2) is 54.6 Å². The van der Waals surface area contributed by atoms with Crippen LogP contribution in [0.3, 0.4) is 0 Å². The van der Waals surface area contributed by atoms with Gasteiger partial charge in [-0.15, -0.1) is 0 Å². The van der Waals surface area contributed by atoms with Crippen molar-refractivity contribution in [3.63, 3.8) is 0 Å². The second-order valence-electron chi connectivity index (χ2n) is 6.94. The third-order valence-corrected chi connectivity index (χ3v) is 5.17. The number of urea groups is 1. The molecule has 156 valence electrons. The Morgan fingerprint density at radius 1 is 1.20 bits per heavy atom. The molecule has 1 atom stereocenters. The van der Waals surface area contributed by atoms with Crippen molar-refractivity contribution in [3.05, 3.63) is 83.2 Å². The number of hydrogen-bond donors (Lipinski definition) is 2. The fourth-order valence-corrected chi connectivity index (χ4v) is 3.52. The predicted octanol–water partition coefficient (Wildman–Crippen LogP) is 4.61. The van der Waals surface area contributed by atoms with Crippen molar-refractivity contribution >= 4 is 23.1 Å². The summed E-state index contributed by atoms with van der Waals surface area (Å²) in [6, 6.07) is 6.10. The normalized spacial score (nSPS) is 16.9. The van der Waals surface area contributed by atoms with E-state index in [0.29, 0.717) is 5.57 Å². The molecule has 0 bridgehead atoms. The molecule has 0 radical (unpaired) electrons. The van der Waals surface area contributed by atoms with Crippen LogP contribution in [0.1, 0.15) is 24.1 Å². The third-order valence-electron chi connectivity index (χ3n) is 5.17. The van der Waals surface area contributed by atoms with Crippen molar-refractivity contribution in [2.45, 2.75) is 13.0 Å². The van der Waals surface area contributed by atoms with Crippen LogP contribution in [-0.2, 0) is 0 Å². The van der Waals surface area contributed by atoms with Gasteiger partial charge in [0.05, 0.1) is 12.6 Å². The van der Waals surface area contributed by atoms with Gasteiger partial charge in [-0.2, -0.15) is 0 Å². The monoisotopic (exact) mass is 414 g/mol. The molecule has 1 unspecified atom stereocenters. The standard InChI is InChI=1S/C22H21F3N4O/c1-4-15(12(2)21(26)27)16-7-6-14(10-19(16)25)29-11-20(28(3)22(29)30)17-9-13(23)5-8-18(17)24/h4-10,20H,2,11H2,1,3H3,(H3,26,27)/b15-4-. The van der Waals surface area contributed by atoms with Crippen LogP contribution in [0.2, 0.25) is 0 Å². The number of rotatable bonds is 5. The molecule has 2 aromatic carbocycles. The number of anilines is 1. The topological polar surface area (TPSA) is 73.4 Å². The number of amidine groups is 1. The van der Waals surface area contributed by atoms with Crippen LogP contribution >= 0.6 is 0 Å². The van der Waals surface area contributed by atoms with Crippen molar-refractivity contribution in [3.8, 4) is 0 Å². The van der Waals surface area contributed by atoms with Gasteiger partial charge < -0.3 is 10.6 Å². The molecular formula is C22H21F3N4O. The van der Waals surface area contributed by atoms with Gasteiger partial charge in [-0.25, -0.2) is 18.0 Å². The van der Waals surface area contributed by atoms with Gasteiger partial charge >= 0.3 is 6.03 Å². The number of halogens is 3. The largest absolute Gasteiger partial charge is 0.384 e. The van der Waals surface area contributed by atoms with Gasteiger partial charge in [0.1, 0.15) is 23.3 Å². The molecule has 0 spiro atoms. The molecule has 2 amide bonds. The molecule has 1 fully saturated rings. The molecule has 2 aromatic rings. The molecule has 30 heavy (non-hydrogen) atoms. The van der Waals surface area contributed by atoms with E-state index in [9.17, 15) is 18.0 Å². The number of benzene rings is 2. The smallest absolute Gasteiger partial charge is 0.324 e. The Morgan fingerprint density at radius 2 is 1.90 bits per heavy atom. The van der Waals surface area contributed by atoms with Crippen LogP contribution < -0.4 is 10.6 Å². The van der Waals surface area contributed by atoms with Gasteiger partial charge in [-0.3, -0.25) is 10.3 Å². The van der Waals surface area contributed by atoms with Crippen molar-refractivity contribution in [2.24, 2.45) is 5.73 Å². The zero-order valence-electron chi connectivity index (χ0n) is 16.5. The Kier molecular flexibility index (Phi) is 5.69. The van der Waals surface area contributed by atoms with E-state index >= 15 is 0 Å². The molecule has 1 saturated heterocycles. The molecule has 8 heteroatoms. The average Bonchev–Trinajstić information content (AvgIpc) is 3.00.